The first-order valence-electron chi connectivity index (χ1n) is 52.7. The predicted molar refractivity (Wildman–Crippen MR) is 648 cm³/mol. The van der Waals surface area contributed by atoms with E-state index in [0.29, 0.717) is 0 Å². The van der Waals surface area contributed by atoms with Gasteiger partial charge in [-0.15, -0.1) is 0 Å². The average Bonchev–Trinajstić information content (AvgIpc) is 0.676. The van der Waals surface area contributed by atoms with E-state index in [4.69, 9.17) is 0 Å². The summed E-state index contributed by atoms with van der Waals surface area (Å²) >= 11 is 0. The number of rotatable bonds is 18. The number of fused-ring (bicyclic) bond motifs is 12. The molecule has 6 nitrogen and oxygen atoms in total. The molecule has 0 atom stereocenters. The van der Waals surface area contributed by atoms with E-state index in [-0.39, 0.29) is 13.4 Å². The summed E-state index contributed by atoms with van der Waals surface area (Å²) in [7, 11) is -10.3. The van der Waals surface area contributed by atoms with E-state index in [1.165, 1.54) is 134 Å². The third-order valence-electron chi connectivity index (χ3n) is 33.5. The lowest BCUT2D eigenvalue weighted by Crippen LogP contribution is -2.75. The maximum atomic E-state index is 2.79. The van der Waals surface area contributed by atoms with Gasteiger partial charge in [-0.2, -0.15) is 0 Å². The molecule has 6 heterocycles. The van der Waals surface area contributed by atoms with Crippen molar-refractivity contribution in [2.24, 2.45) is 0 Å². The van der Waals surface area contributed by atoms with Crippen LogP contribution in [0.1, 0.15) is 33.4 Å². The number of benzene rings is 22. The monoisotopic (exact) mass is 1960 g/mol. The molecule has 22 aromatic rings. The molecular formula is C138H105B3N6Si3. The van der Waals surface area contributed by atoms with Crippen LogP contribution in [0.5, 0.6) is 0 Å². The van der Waals surface area contributed by atoms with Gasteiger partial charge in [0.1, 0.15) is 0 Å². The number of hydrogen-bond acceptors (Lipinski definition) is 6. The molecule has 150 heavy (non-hydrogen) atoms. The number of hydrogen-bond donors (Lipinski definition) is 0. The zero-order valence-corrected chi connectivity index (χ0v) is 87.6. The normalized spacial score (nSPS) is 13.3. The highest BCUT2D eigenvalue weighted by Gasteiger charge is 2.56. The molecule has 6 aliphatic rings. The van der Waals surface area contributed by atoms with E-state index in [1.807, 2.05) is 0 Å². The molecule has 0 amide bonds. The summed E-state index contributed by atoms with van der Waals surface area (Å²) in [5, 5.41) is 15.6. The van der Waals surface area contributed by atoms with Crippen molar-refractivity contribution in [2.45, 2.75) is 41.5 Å². The number of nitrogens with zero attached hydrogens (tertiary/aromatic N) is 6. The number of para-hydroxylation sites is 8. The molecule has 708 valence electrons. The predicted octanol–water partition coefficient (Wildman–Crippen LogP) is 19.9. The Kier molecular flexibility index (Phi) is 21.6. The summed E-state index contributed by atoms with van der Waals surface area (Å²) < 4.78 is 0. The van der Waals surface area contributed by atoms with Crippen molar-refractivity contribution in [2.75, 3.05) is 29.4 Å². The van der Waals surface area contributed by atoms with Gasteiger partial charge in [-0.3, -0.25) is 0 Å². The van der Waals surface area contributed by atoms with E-state index >= 15 is 0 Å². The van der Waals surface area contributed by atoms with Crippen molar-refractivity contribution in [1.82, 2.24) is 0 Å². The highest BCUT2D eigenvalue weighted by atomic mass is 28.3. The zero-order chi connectivity index (χ0) is 100. The van der Waals surface area contributed by atoms with Crippen LogP contribution < -0.4 is 141 Å². The molecular weight excluding hydrogens is 1860 g/mol. The molecule has 0 saturated carbocycles. The fourth-order valence-corrected chi connectivity index (χ4v) is 41.7. The van der Waals surface area contributed by atoms with Gasteiger partial charge in [-0.25, -0.2) is 0 Å². The second-order valence-corrected chi connectivity index (χ2v) is 52.9. The molecule has 0 aromatic heterocycles. The largest absolute Gasteiger partial charge is 0.311 e. The molecule has 6 aliphatic heterocycles. The van der Waals surface area contributed by atoms with Gasteiger partial charge < -0.3 is 29.4 Å². The van der Waals surface area contributed by atoms with Gasteiger partial charge in [-0.1, -0.05) is 431 Å². The van der Waals surface area contributed by atoms with E-state index in [0.717, 1.165) is 113 Å². The van der Waals surface area contributed by atoms with E-state index in [2.05, 4.69) is 599 Å². The van der Waals surface area contributed by atoms with E-state index < -0.39 is 30.9 Å². The van der Waals surface area contributed by atoms with Gasteiger partial charge in [0.2, 0.25) is 0 Å². The van der Waals surface area contributed by atoms with Gasteiger partial charge in [0.15, 0.2) is 24.2 Å². The second kappa shape index (κ2) is 36.0. The summed E-state index contributed by atoms with van der Waals surface area (Å²) in [5.41, 5.74) is 38.8. The molecule has 0 N–H and O–H groups in total. The van der Waals surface area contributed by atoms with Crippen LogP contribution >= 0.6 is 0 Å². The van der Waals surface area contributed by atoms with Crippen molar-refractivity contribution >= 4 is 258 Å². The maximum Gasteiger partial charge on any atom is 0.252 e. The standard InChI is InChI=1S/C138H105B3N6Si3/c1-94-50-40-44-80-120(94)144-124-92-126-118(139-114-78-42-46-82-122(114)142(100-56-18-7-19-57-100)128-84-111(88-132(134(128)139)146(126)137-96(3)52-48-53-97(137)4)148(102-60-22-9-23-61-102,103-62-24-10-25-63-103)104-64-26-11-27-65-104)90-116(124)141-117-91-119-127(93-125(117)145(121-81-45-41-51-95(121)2)131-87-113(86-130(144)136(131)141)150(108-72-34-15-35-73-108,109-74-36-16-37-75-109)110-76-38-17-39-77-110)147(138-98(5)54-49-55-99(138)6)133-89-112(85-129-135(133)140(119)115-79-43-47-83-123(115)143(129)101-58-20-8-21-59-101)149(105-66-28-12-29-67-105,106-68-30-13-31-69-106)107-70-32-14-33-71-107/h7-93H,1-6H3. The van der Waals surface area contributed by atoms with Crippen LogP contribution in [-0.4, -0.2) is 44.4 Å². The van der Waals surface area contributed by atoms with Crippen molar-refractivity contribution in [3.05, 3.63) is 561 Å². The van der Waals surface area contributed by atoms with E-state index in [1.54, 1.807) is 0 Å². The number of aryl methyl sites for hydroxylation is 6. The fourth-order valence-electron chi connectivity index (χ4n) is 27.4. The van der Waals surface area contributed by atoms with Crippen LogP contribution in [0.2, 0.25) is 0 Å². The summed E-state index contributed by atoms with van der Waals surface area (Å²) in [6.45, 7) is 13.0. The molecule has 0 radical (unpaired) electrons. The zero-order valence-electron chi connectivity index (χ0n) is 84.6. The lowest BCUT2D eigenvalue weighted by molar-refractivity contribution is 1.20. The van der Waals surface area contributed by atoms with Crippen LogP contribution in [-0.2, 0) is 0 Å². The van der Waals surface area contributed by atoms with Crippen LogP contribution in [0.4, 0.5) is 102 Å². The van der Waals surface area contributed by atoms with Crippen LogP contribution in [0.3, 0.4) is 0 Å². The first-order chi connectivity index (χ1) is 74.0. The maximum absolute atomic E-state index is 3.55. The minimum Gasteiger partial charge on any atom is -0.311 e. The average molecular weight is 1960 g/mol. The first-order valence-corrected chi connectivity index (χ1v) is 58.7. The van der Waals surface area contributed by atoms with Crippen molar-refractivity contribution in [3.63, 3.8) is 0 Å². The SMILES string of the molecule is Cc1ccccc1N1c2cc3c(cc2B2c4cc5c(cc4N(c4ccccc4C)c4cc([Si](c6ccccc6)(c6ccccc6)c6ccccc6)cc1c42)N(c1c(C)cccc1C)c1cc([Si](c2ccccc2)(c2ccccc2)c2ccccc2)cc2c1B5c1ccccc1N2c1ccccc1)B1c2ccccc2N(c2ccccc2)c2cc([Si](c4ccccc4)(c4ccccc4)c4ccccc4)cc(c21)N3c1c(C)cccc1C. The van der Waals surface area contributed by atoms with Gasteiger partial charge in [0.25, 0.3) is 20.1 Å². The Bertz CT molecular complexity index is 8290. The lowest BCUT2D eigenvalue weighted by Gasteiger charge is -2.50. The Morgan fingerprint density at radius 1 is 0.133 bits per heavy atom. The molecule has 0 bridgehead atoms. The smallest absolute Gasteiger partial charge is 0.252 e. The minimum atomic E-state index is -3.55. The molecule has 12 heteroatoms. The van der Waals surface area contributed by atoms with Crippen molar-refractivity contribution < 1.29 is 0 Å². The molecule has 28 rings (SSSR count). The van der Waals surface area contributed by atoms with Crippen LogP contribution in [0, 0.1) is 41.5 Å². The van der Waals surface area contributed by atoms with Crippen LogP contribution in [0.15, 0.2) is 528 Å². The van der Waals surface area contributed by atoms with Gasteiger partial charge >= 0.3 is 0 Å². The lowest BCUT2D eigenvalue weighted by atomic mass is 9.29. The summed E-state index contributed by atoms with van der Waals surface area (Å²) in [6.07, 6.45) is 0. The Labute approximate surface area is 883 Å². The van der Waals surface area contributed by atoms with Gasteiger partial charge in [0, 0.05) is 91.0 Å². The third-order valence-corrected chi connectivity index (χ3v) is 47.7. The van der Waals surface area contributed by atoms with Gasteiger partial charge in [-0.05, 0) is 283 Å². The Hall–Kier alpha value is -17.5. The molecule has 0 spiro atoms. The Morgan fingerprint density at radius 2 is 0.327 bits per heavy atom. The highest BCUT2D eigenvalue weighted by molar-refractivity contribution is 7.22. The third kappa shape index (κ3) is 13.5. The summed E-state index contributed by atoms with van der Waals surface area (Å²) in [6, 6.07) is 206. The Morgan fingerprint density at radius 3 is 0.580 bits per heavy atom. The molecule has 0 saturated heterocycles. The summed E-state index contributed by atoms with van der Waals surface area (Å²) in [4.78, 5) is 16.4. The van der Waals surface area contributed by atoms with Crippen molar-refractivity contribution in [1.29, 1.82) is 0 Å². The fraction of sp³-hybridized carbons (Fsp3) is 0.0435. The Balaban J connectivity index is 0.815. The van der Waals surface area contributed by atoms with Crippen molar-refractivity contribution in [3.8, 4) is 0 Å². The molecule has 0 unspecified atom stereocenters. The quantitative estimate of drug-likeness (QED) is 0.0625. The molecule has 22 aromatic carbocycles. The second-order valence-electron chi connectivity index (χ2n) is 41.4. The highest BCUT2D eigenvalue weighted by Crippen LogP contribution is 2.54. The molecule has 0 aliphatic carbocycles. The number of anilines is 18. The van der Waals surface area contributed by atoms with Gasteiger partial charge in [0.05, 0.1) is 11.4 Å². The van der Waals surface area contributed by atoms with E-state index in [9.17, 15) is 0 Å². The topological polar surface area (TPSA) is 19.4 Å². The summed E-state index contributed by atoms with van der Waals surface area (Å²) in [5.74, 6) is 0. The first kappa shape index (κ1) is 90.0. The molecule has 0 fully saturated rings. The minimum absolute atomic E-state index is 0.314. The van der Waals surface area contributed by atoms with Crippen LogP contribution in [0.25, 0.3) is 0 Å².